The monoisotopic (exact) mass is 238 g/mol. The molecule has 1 aromatic rings. The van der Waals surface area contributed by atoms with Crippen molar-refractivity contribution >= 4 is 5.91 Å². The predicted octanol–water partition coefficient (Wildman–Crippen LogP) is 1.82. The Labute approximate surface area is 103 Å². The Balaban J connectivity index is 2.11. The maximum Gasteiger partial charge on any atom is 0.267 e. The Bertz CT molecular complexity index is 345. The second kappa shape index (κ2) is 7.12. The summed E-state index contributed by atoms with van der Waals surface area (Å²) in [7, 11) is 1.86. The molecule has 1 aromatic heterocycles. The van der Waals surface area contributed by atoms with Crippen molar-refractivity contribution < 1.29 is 9.53 Å². The minimum absolute atomic E-state index is 0.0265. The minimum Gasteiger partial charge on any atom is -0.381 e. The summed E-state index contributed by atoms with van der Waals surface area (Å²) in [5, 5.41) is 2.87. The summed E-state index contributed by atoms with van der Waals surface area (Å²) in [4.78, 5) is 11.7. The first-order valence-electron chi connectivity index (χ1n) is 6.08. The molecule has 0 radical (unpaired) electrons. The molecular weight excluding hydrogens is 216 g/mol. The lowest BCUT2D eigenvalue weighted by Gasteiger charge is -2.08. The number of aromatic nitrogens is 1. The maximum absolute atomic E-state index is 11.7. The van der Waals surface area contributed by atoms with Crippen LogP contribution in [0, 0.1) is 5.92 Å². The van der Waals surface area contributed by atoms with Crippen LogP contribution in [0.5, 0.6) is 0 Å². The van der Waals surface area contributed by atoms with Crippen molar-refractivity contribution in [2.24, 2.45) is 13.0 Å². The first-order chi connectivity index (χ1) is 8.11. The third-order valence-electron chi connectivity index (χ3n) is 2.38. The van der Waals surface area contributed by atoms with Crippen LogP contribution in [-0.4, -0.2) is 30.2 Å². The second-order valence-electron chi connectivity index (χ2n) is 4.58. The van der Waals surface area contributed by atoms with Gasteiger partial charge in [-0.3, -0.25) is 4.79 Å². The number of aryl methyl sites for hydroxylation is 1. The van der Waals surface area contributed by atoms with E-state index in [-0.39, 0.29) is 5.91 Å². The fraction of sp³-hybridized carbons (Fsp3) is 0.615. The molecule has 1 rings (SSSR count). The molecule has 0 fully saturated rings. The van der Waals surface area contributed by atoms with Gasteiger partial charge in [-0.15, -0.1) is 0 Å². The van der Waals surface area contributed by atoms with Crippen molar-refractivity contribution in [2.75, 3.05) is 19.8 Å². The number of ether oxygens (including phenoxy) is 1. The molecule has 1 N–H and O–H groups in total. The Kier molecular flexibility index (Phi) is 5.77. The van der Waals surface area contributed by atoms with E-state index in [0.717, 1.165) is 13.0 Å². The SMILES string of the molecule is CC(C)COCCCNC(=O)c1cccn1C. The zero-order valence-electron chi connectivity index (χ0n) is 10.9. The van der Waals surface area contributed by atoms with Gasteiger partial charge >= 0.3 is 0 Å². The molecule has 0 bridgehead atoms. The van der Waals surface area contributed by atoms with Crippen molar-refractivity contribution in [1.29, 1.82) is 0 Å². The quantitative estimate of drug-likeness (QED) is 0.736. The van der Waals surface area contributed by atoms with E-state index >= 15 is 0 Å². The van der Waals surface area contributed by atoms with Gasteiger partial charge in [-0.1, -0.05) is 13.8 Å². The first kappa shape index (κ1) is 13.8. The summed E-state index contributed by atoms with van der Waals surface area (Å²) in [5.41, 5.74) is 0.688. The number of hydrogen-bond donors (Lipinski definition) is 1. The summed E-state index contributed by atoms with van der Waals surface area (Å²) in [5.74, 6) is 0.536. The van der Waals surface area contributed by atoms with E-state index in [4.69, 9.17) is 4.74 Å². The molecule has 1 amide bonds. The predicted molar refractivity (Wildman–Crippen MR) is 68.0 cm³/mol. The Morgan fingerprint density at radius 2 is 2.29 bits per heavy atom. The van der Waals surface area contributed by atoms with E-state index in [1.807, 2.05) is 29.9 Å². The molecule has 17 heavy (non-hydrogen) atoms. The molecule has 0 aliphatic heterocycles. The van der Waals surface area contributed by atoms with Gasteiger partial charge in [0, 0.05) is 33.0 Å². The van der Waals surface area contributed by atoms with Crippen molar-refractivity contribution in [3.63, 3.8) is 0 Å². The number of carbonyl (C=O) groups excluding carboxylic acids is 1. The number of nitrogens with zero attached hydrogens (tertiary/aromatic N) is 1. The molecule has 0 atom stereocenters. The normalized spacial score (nSPS) is 10.8. The van der Waals surface area contributed by atoms with Crippen LogP contribution in [0.25, 0.3) is 0 Å². The van der Waals surface area contributed by atoms with Crippen LogP contribution in [0.3, 0.4) is 0 Å². The Morgan fingerprint density at radius 3 is 2.88 bits per heavy atom. The zero-order chi connectivity index (χ0) is 12.7. The van der Waals surface area contributed by atoms with Crippen LogP contribution in [0.4, 0.5) is 0 Å². The summed E-state index contributed by atoms with van der Waals surface area (Å²) in [6, 6.07) is 3.67. The van der Waals surface area contributed by atoms with E-state index in [2.05, 4.69) is 19.2 Å². The van der Waals surface area contributed by atoms with Crippen LogP contribution in [0.1, 0.15) is 30.8 Å². The van der Waals surface area contributed by atoms with Gasteiger partial charge in [0.2, 0.25) is 0 Å². The fourth-order valence-corrected chi connectivity index (χ4v) is 1.48. The molecule has 4 nitrogen and oxygen atoms in total. The topological polar surface area (TPSA) is 43.3 Å². The van der Waals surface area contributed by atoms with Gasteiger partial charge < -0.3 is 14.6 Å². The Morgan fingerprint density at radius 1 is 1.53 bits per heavy atom. The van der Waals surface area contributed by atoms with Gasteiger partial charge in [-0.2, -0.15) is 0 Å². The summed E-state index contributed by atoms with van der Waals surface area (Å²) >= 11 is 0. The molecule has 0 saturated heterocycles. The van der Waals surface area contributed by atoms with Gasteiger partial charge in [0.1, 0.15) is 5.69 Å². The number of rotatable bonds is 7. The maximum atomic E-state index is 11.7. The molecule has 4 heteroatoms. The highest BCUT2D eigenvalue weighted by atomic mass is 16.5. The first-order valence-corrected chi connectivity index (χ1v) is 6.08. The molecule has 1 heterocycles. The highest BCUT2D eigenvalue weighted by Gasteiger charge is 2.06. The molecule has 0 aromatic carbocycles. The molecule has 0 aliphatic rings. The van der Waals surface area contributed by atoms with Crippen molar-refractivity contribution in [2.45, 2.75) is 20.3 Å². The highest BCUT2D eigenvalue weighted by molar-refractivity contribution is 5.92. The number of nitrogens with one attached hydrogen (secondary N) is 1. The third-order valence-corrected chi connectivity index (χ3v) is 2.38. The fourth-order valence-electron chi connectivity index (χ4n) is 1.48. The highest BCUT2D eigenvalue weighted by Crippen LogP contribution is 1.99. The molecule has 96 valence electrons. The number of hydrogen-bond acceptors (Lipinski definition) is 2. The van der Waals surface area contributed by atoms with Gasteiger partial charge in [0.15, 0.2) is 0 Å². The molecule has 0 unspecified atom stereocenters. The lowest BCUT2D eigenvalue weighted by atomic mass is 10.2. The smallest absolute Gasteiger partial charge is 0.267 e. The summed E-state index contributed by atoms with van der Waals surface area (Å²) < 4.78 is 7.24. The van der Waals surface area contributed by atoms with Crippen LogP contribution < -0.4 is 5.32 Å². The number of amides is 1. The van der Waals surface area contributed by atoms with E-state index in [1.54, 1.807) is 0 Å². The second-order valence-corrected chi connectivity index (χ2v) is 4.58. The van der Waals surface area contributed by atoms with E-state index in [1.165, 1.54) is 0 Å². The zero-order valence-corrected chi connectivity index (χ0v) is 10.9. The summed E-state index contributed by atoms with van der Waals surface area (Å²) in [6.45, 7) is 6.38. The lowest BCUT2D eigenvalue weighted by Crippen LogP contribution is -2.27. The standard InChI is InChI=1S/C13H22N2O2/c1-11(2)10-17-9-5-7-14-13(16)12-6-4-8-15(12)3/h4,6,8,11H,5,7,9-10H2,1-3H3,(H,14,16). The molecule has 0 spiro atoms. The van der Waals surface area contributed by atoms with Crippen LogP contribution >= 0.6 is 0 Å². The van der Waals surface area contributed by atoms with Gasteiger partial charge in [0.05, 0.1) is 0 Å². The van der Waals surface area contributed by atoms with E-state index in [0.29, 0.717) is 24.8 Å². The molecule has 0 saturated carbocycles. The van der Waals surface area contributed by atoms with Gasteiger partial charge in [-0.25, -0.2) is 0 Å². The molecule has 0 aliphatic carbocycles. The minimum atomic E-state index is -0.0265. The van der Waals surface area contributed by atoms with Crippen molar-refractivity contribution in [3.8, 4) is 0 Å². The van der Waals surface area contributed by atoms with Gasteiger partial charge in [0.25, 0.3) is 5.91 Å². The van der Waals surface area contributed by atoms with Crippen molar-refractivity contribution in [3.05, 3.63) is 24.0 Å². The average molecular weight is 238 g/mol. The molecular formula is C13H22N2O2. The average Bonchev–Trinajstić information content (AvgIpc) is 2.69. The van der Waals surface area contributed by atoms with E-state index < -0.39 is 0 Å². The van der Waals surface area contributed by atoms with E-state index in [9.17, 15) is 4.79 Å². The largest absolute Gasteiger partial charge is 0.381 e. The lowest BCUT2D eigenvalue weighted by molar-refractivity contribution is 0.0918. The number of carbonyl (C=O) groups is 1. The van der Waals surface area contributed by atoms with Crippen LogP contribution in [0.15, 0.2) is 18.3 Å². The van der Waals surface area contributed by atoms with Gasteiger partial charge in [-0.05, 0) is 24.5 Å². The third kappa shape index (κ3) is 5.04. The van der Waals surface area contributed by atoms with Crippen LogP contribution in [-0.2, 0) is 11.8 Å². The summed E-state index contributed by atoms with van der Waals surface area (Å²) in [6.07, 6.45) is 2.71. The Hall–Kier alpha value is -1.29. The van der Waals surface area contributed by atoms with Crippen molar-refractivity contribution in [1.82, 2.24) is 9.88 Å². The van der Waals surface area contributed by atoms with Crippen LogP contribution in [0.2, 0.25) is 0 Å².